The number of ether oxygens (including phenoxy) is 1. The monoisotopic (exact) mass is 299 g/mol. The lowest BCUT2D eigenvalue weighted by atomic mass is 9.99. The number of halogens is 1. The lowest BCUT2D eigenvalue weighted by molar-refractivity contribution is 0.412. The standard InChI is InChI=1S/C15H22ClNOS/c1-3-17-15(14-6-4-5-9-19-14)11-7-8-12(16)13(10-11)18-2/h7-8,10,14-15,17H,3-6,9H2,1-2H3. The molecule has 2 unspecified atom stereocenters. The Morgan fingerprint density at radius 2 is 2.32 bits per heavy atom. The van der Waals surface area contributed by atoms with Gasteiger partial charge in [0.15, 0.2) is 0 Å². The van der Waals surface area contributed by atoms with Gasteiger partial charge < -0.3 is 10.1 Å². The van der Waals surface area contributed by atoms with Gasteiger partial charge in [-0.15, -0.1) is 0 Å². The van der Waals surface area contributed by atoms with E-state index < -0.39 is 0 Å². The summed E-state index contributed by atoms with van der Waals surface area (Å²) in [4.78, 5) is 0. The van der Waals surface area contributed by atoms with Gasteiger partial charge in [0.2, 0.25) is 0 Å². The summed E-state index contributed by atoms with van der Waals surface area (Å²) < 4.78 is 5.33. The van der Waals surface area contributed by atoms with E-state index in [1.54, 1.807) is 7.11 Å². The first-order valence-corrected chi connectivity index (χ1v) is 8.37. The number of methoxy groups -OCH3 is 1. The lowest BCUT2D eigenvalue weighted by Crippen LogP contribution is -2.31. The predicted octanol–water partition coefficient (Wildman–Crippen LogP) is 4.28. The predicted molar refractivity (Wildman–Crippen MR) is 84.5 cm³/mol. The minimum absolute atomic E-state index is 0.390. The maximum Gasteiger partial charge on any atom is 0.137 e. The van der Waals surface area contributed by atoms with Gasteiger partial charge >= 0.3 is 0 Å². The number of benzene rings is 1. The summed E-state index contributed by atoms with van der Waals surface area (Å²) in [5.74, 6) is 2.04. The van der Waals surface area contributed by atoms with Crippen LogP contribution in [0.3, 0.4) is 0 Å². The van der Waals surface area contributed by atoms with Crippen LogP contribution in [0.2, 0.25) is 5.02 Å². The van der Waals surface area contributed by atoms with E-state index in [1.807, 2.05) is 6.07 Å². The van der Waals surface area contributed by atoms with Gasteiger partial charge in [-0.25, -0.2) is 0 Å². The molecular weight excluding hydrogens is 278 g/mol. The van der Waals surface area contributed by atoms with Gasteiger partial charge in [-0.05, 0) is 42.8 Å². The fourth-order valence-electron chi connectivity index (χ4n) is 2.58. The molecule has 1 aliphatic heterocycles. The van der Waals surface area contributed by atoms with E-state index in [4.69, 9.17) is 16.3 Å². The first kappa shape index (κ1) is 15.0. The average molecular weight is 300 g/mol. The van der Waals surface area contributed by atoms with Gasteiger partial charge in [0.05, 0.1) is 12.1 Å². The third kappa shape index (κ3) is 3.80. The molecule has 1 aromatic carbocycles. The van der Waals surface area contributed by atoms with Gasteiger partial charge in [0, 0.05) is 11.3 Å². The van der Waals surface area contributed by atoms with Gasteiger partial charge in [0.25, 0.3) is 0 Å². The molecule has 1 saturated heterocycles. The van der Waals surface area contributed by atoms with Crippen LogP contribution in [0.5, 0.6) is 5.75 Å². The normalized spacial score (nSPS) is 21.1. The van der Waals surface area contributed by atoms with Crippen molar-refractivity contribution < 1.29 is 4.74 Å². The van der Waals surface area contributed by atoms with E-state index >= 15 is 0 Å². The number of nitrogens with one attached hydrogen (secondary N) is 1. The van der Waals surface area contributed by atoms with Gasteiger partial charge in [0.1, 0.15) is 5.75 Å². The molecule has 1 aromatic rings. The van der Waals surface area contributed by atoms with Crippen molar-refractivity contribution in [2.75, 3.05) is 19.4 Å². The van der Waals surface area contributed by atoms with Crippen molar-refractivity contribution >= 4 is 23.4 Å². The van der Waals surface area contributed by atoms with E-state index in [2.05, 4.69) is 36.1 Å². The third-order valence-corrected chi connectivity index (χ3v) is 5.32. The molecular formula is C15H22ClNOS. The first-order chi connectivity index (χ1) is 9.26. The topological polar surface area (TPSA) is 21.3 Å². The number of hydrogen-bond acceptors (Lipinski definition) is 3. The van der Waals surface area contributed by atoms with E-state index in [9.17, 15) is 0 Å². The molecule has 0 amide bonds. The molecule has 4 heteroatoms. The SMILES string of the molecule is CCNC(c1ccc(Cl)c(OC)c1)C1CCCCS1. The van der Waals surface area contributed by atoms with Crippen LogP contribution in [0.1, 0.15) is 37.8 Å². The highest BCUT2D eigenvalue weighted by atomic mass is 35.5. The van der Waals surface area contributed by atoms with Crippen molar-refractivity contribution in [1.82, 2.24) is 5.32 Å². The molecule has 0 radical (unpaired) electrons. The van der Waals surface area contributed by atoms with Crippen molar-refractivity contribution in [3.05, 3.63) is 28.8 Å². The van der Waals surface area contributed by atoms with Crippen LogP contribution in [0.4, 0.5) is 0 Å². The Kier molecular flexibility index (Phi) is 5.86. The smallest absolute Gasteiger partial charge is 0.137 e. The zero-order valence-electron chi connectivity index (χ0n) is 11.6. The molecule has 106 valence electrons. The largest absolute Gasteiger partial charge is 0.495 e. The highest BCUT2D eigenvalue weighted by Gasteiger charge is 2.25. The molecule has 2 nitrogen and oxygen atoms in total. The highest BCUT2D eigenvalue weighted by Crippen LogP contribution is 2.37. The van der Waals surface area contributed by atoms with Gasteiger partial charge in [-0.1, -0.05) is 31.0 Å². The molecule has 0 aromatic heterocycles. The van der Waals surface area contributed by atoms with Crippen LogP contribution in [-0.4, -0.2) is 24.7 Å². The molecule has 19 heavy (non-hydrogen) atoms. The molecule has 0 saturated carbocycles. The fraction of sp³-hybridized carbons (Fsp3) is 0.600. The van der Waals surface area contributed by atoms with E-state index in [-0.39, 0.29) is 0 Å². The van der Waals surface area contributed by atoms with Crippen LogP contribution >= 0.6 is 23.4 Å². The molecule has 2 rings (SSSR count). The Morgan fingerprint density at radius 1 is 1.47 bits per heavy atom. The van der Waals surface area contributed by atoms with Crippen molar-refractivity contribution in [3.63, 3.8) is 0 Å². The van der Waals surface area contributed by atoms with Gasteiger partial charge in [-0.3, -0.25) is 0 Å². The molecule has 1 N–H and O–H groups in total. The van der Waals surface area contributed by atoms with Crippen LogP contribution in [0.25, 0.3) is 0 Å². The van der Waals surface area contributed by atoms with Crippen molar-refractivity contribution in [2.45, 2.75) is 37.5 Å². The Hall–Kier alpha value is -0.380. The zero-order valence-corrected chi connectivity index (χ0v) is 13.2. The number of rotatable bonds is 5. The summed E-state index contributed by atoms with van der Waals surface area (Å²) in [6.07, 6.45) is 3.97. The van der Waals surface area contributed by atoms with E-state index in [0.717, 1.165) is 12.3 Å². The Balaban J connectivity index is 2.22. The Morgan fingerprint density at radius 3 is 2.95 bits per heavy atom. The molecule has 2 atom stereocenters. The second kappa shape index (κ2) is 7.41. The van der Waals surface area contributed by atoms with Crippen molar-refractivity contribution in [3.8, 4) is 5.75 Å². The second-order valence-electron chi connectivity index (χ2n) is 4.83. The van der Waals surface area contributed by atoms with Crippen LogP contribution in [0.15, 0.2) is 18.2 Å². The molecule has 1 heterocycles. The second-order valence-corrected chi connectivity index (χ2v) is 6.59. The number of hydrogen-bond donors (Lipinski definition) is 1. The minimum Gasteiger partial charge on any atom is -0.495 e. The summed E-state index contributed by atoms with van der Waals surface area (Å²) in [5, 5.41) is 4.95. The minimum atomic E-state index is 0.390. The lowest BCUT2D eigenvalue weighted by Gasteiger charge is -2.31. The molecule has 1 fully saturated rings. The molecule has 0 bridgehead atoms. The summed E-state index contributed by atoms with van der Waals surface area (Å²) in [6.45, 7) is 3.14. The quantitative estimate of drug-likeness (QED) is 0.876. The van der Waals surface area contributed by atoms with Crippen molar-refractivity contribution in [2.24, 2.45) is 0 Å². The zero-order chi connectivity index (χ0) is 13.7. The Bertz CT molecular complexity index is 407. The Labute approximate surface area is 125 Å². The third-order valence-electron chi connectivity index (χ3n) is 3.55. The maximum absolute atomic E-state index is 6.11. The van der Waals surface area contributed by atoms with Crippen LogP contribution in [0, 0.1) is 0 Å². The van der Waals surface area contributed by atoms with Crippen LogP contribution in [-0.2, 0) is 0 Å². The van der Waals surface area contributed by atoms with Crippen molar-refractivity contribution in [1.29, 1.82) is 0 Å². The molecule has 1 aliphatic rings. The summed E-state index contributed by atoms with van der Waals surface area (Å²) in [7, 11) is 1.67. The summed E-state index contributed by atoms with van der Waals surface area (Å²) >= 11 is 8.20. The molecule has 0 aliphatic carbocycles. The fourth-order valence-corrected chi connectivity index (χ4v) is 4.23. The van der Waals surface area contributed by atoms with Crippen LogP contribution < -0.4 is 10.1 Å². The highest BCUT2D eigenvalue weighted by molar-refractivity contribution is 8.00. The summed E-state index contributed by atoms with van der Waals surface area (Å²) in [5.41, 5.74) is 1.28. The number of thioether (sulfide) groups is 1. The van der Waals surface area contributed by atoms with Gasteiger partial charge in [-0.2, -0.15) is 11.8 Å². The molecule has 0 spiro atoms. The van der Waals surface area contributed by atoms with E-state index in [1.165, 1.54) is 30.6 Å². The summed E-state index contributed by atoms with van der Waals surface area (Å²) in [6, 6.07) is 6.52. The average Bonchev–Trinajstić information content (AvgIpc) is 2.46. The first-order valence-electron chi connectivity index (χ1n) is 6.94. The van der Waals surface area contributed by atoms with E-state index in [0.29, 0.717) is 16.3 Å². The maximum atomic E-state index is 6.11.